The van der Waals surface area contributed by atoms with E-state index < -0.39 is 48.2 Å². The normalized spacial score (nSPS) is 14.0. The monoisotopic (exact) mass is 421 g/mol. The molecule has 0 saturated heterocycles. The molecule has 0 fully saturated rings. The summed E-state index contributed by atoms with van der Waals surface area (Å²) in [7, 11) is 0. The molecule has 11 heteroatoms. The fourth-order valence-corrected chi connectivity index (χ4v) is 3.03. The molecule has 0 aliphatic rings. The van der Waals surface area contributed by atoms with Gasteiger partial charge in [0.1, 0.15) is 12.1 Å². The predicted octanol–water partition coefficient (Wildman–Crippen LogP) is -1.10. The van der Waals surface area contributed by atoms with Gasteiger partial charge in [0, 0.05) is 22.9 Å². The SMILES string of the molecule is NC(=O)CC(NC(=O)C(CS)NC(=O)C(N)Cc1c[nH]c2ccccc12)C(=O)O. The van der Waals surface area contributed by atoms with Crippen LogP contribution in [0, 0.1) is 0 Å². The topological polar surface area (TPSA) is 180 Å². The lowest BCUT2D eigenvalue weighted by Gasteiger charge is -2.21. The number of aromatic nitrogens is 1. The van der Waals surface area contributed by atoms with E-state index in [9.17, 15) is 19.2 Å². The summed E-state index contributed by atoms with van der Waals surface area (Å²) in [5.74, 6) is -3.80. The first-order valence-corrected chi connectivity index (χ1v) is 9.39. The number of amides is 3. The van der Waals surface area contributed by atoms with Gasteiger partial charge in [-0.1, -0.05) is 18.2 Å². The molecule has 156 valence electrons. The number of nitrogens with one attached hydrogen (secondary N) is 3. The molecule has 0 radical (unpaired) electrons. The van der Waals surface area contributed by atoms with Crippen molar-refractivity contribution >= 4 is 47.2 Å². The Bertz CT molecular complexity index is 915. The number of fused-ring (bicyclic) bond motifs is 1. The van der Waals surface area contributed by atoms with Gasteiger partial charge in [0.25, 0.3) is 0 Å². The van der Waals surface area contributed by atoms with Crippen molar-refractivity contribution in [3.8, 4) is 0 Å². The number of thiol groups is 1. The molecule has 0 bridgehead atoms. The predicted molar refractivity (Wildman–Crippen MR) is 109 cm³/mol. The highest BCUT2D eigenvalue weighted by atomic mass is 32.1. The van der Waals surface area contributed by atoms with Crippen molar-refractivity contribution in [2.75, 3.05) is 5.75 Å². The van der Waals surface area contributed by atoms with E-state index in [2.05, 4.69) is 28.2 Å². The van der Waals surface area contributed by atoms with Crippen LogP contribution in [-0.2, 0) is 25.6 Å². The lowest BCUT2D eigenvalue weighted by Crippen LogP contribution is -2.56. The number of carbonyl (C=O) groups is 4. The van der Waals surface area contributed by atoms with E-state index in [0.29, 0.717) is 0 Å². The lowest BCUT2D eigenvalue weighted by molar-refractivity contribution is -0.143. The van der Waals surface area contributed by atoms with Crippen molar-refractivity contribution in [2.45, 2.75) is 31.0 Å². The number of para-hydroxylation sites is 1. The third kappa shape index (κ3) is 5.96. The molecule has 1 heterocycles. The van der Waals surface area contributed by atoms with Crippen LogP contribution in [0.2, 0.25) is 0 Å². The number of aromatic amines is 1. The lowest BCUT2D eigenvalue weighted by atomic mass is 10.0. The van der Waals surface area contributed by atoms with E-state index in [1.165, 1.54) is 0 Å². The van der Waals surface area contributed by atoms with Gasteiger partial charge in [0.05, 0.1) is 12.5 Å². The Labute approximate surface area is 171 Å². The average Bonchev–Trinajstić information content (AvgIpc) is 3.07. The second-order valence-corrected chi connectivity index (χ2v) is 6.85. The number of benzene rings is 1. The van der Waals surface area contributed by atoms with Gasteiger partial charge in [0.2, 0.25) is 17.7 Å². The van der Waals surface area contributed by atoms with Crippen LogP contribution >= 0.6 is 12.6 Å². The Morgan fingerprint density at radius 1 is 1.10 bits per heavy atom. The Kier molecular flexibility index (Phi) is 7.62. The number of hydrogen-bond acceptors (Lipinski definition) is 6. The minimum Gasteiger partial charge on any atom is -0.480 e. The fourth-order valence-electron chi connectivity index (χ4n) is 2.78. The van der Waals surface area contributed by atoms with Crippen molar-refractivity contribution in [2.24, 2.45) is 11.5 Å². The molecular weight excluding hydrogens is 398 g/mol. The van der Waals surface area contributed by atoms with Crippen LogP contribution in [0.4, 0.5) is 0 Å². The van der Waals surface area contributed by atoms with Crippen molar-refractivity contribution in [3.05, 3.63) is 36.0 Å². The Morgan fingerprint density at radius 2 is 1.76 bits per heavy atom. The fraction of sp³-hybridized carbons (Fsp3) is 0.333. The van der Waals surface area contributed by atoms with Gasteiger partial charge in [-0.25, -0.2) is 4.79 Å². The third-order valence-corrected chi connectivity index (χ3v) is 4.65. The zero-order chi connectivity index (χ0) is 21.6. The second kappa shape index (κ2) is 9.94. The number of hydrogen-bond donors (Lipinski definition) is 7. The highest BCUT2D eigenvalue weighted by Crippen LogP contribution is 2.18. The number of aliphatic carboxylic acids is 1. The first-order chi connectivity index (χ1) is 13.7. The van der Waals surface area contributed by atoms with Gasteiger partial charge < -0.3 is 32.2 Å². The van der Waals surface area contributed by atoms with Crippen LogP contribution in [0.5, 0.6) is 0 Å². The van der Waals surface area contributed by atoms with Crippen LogP contribution in [0.3, 0.4) is 0 Å². The van der Waals surface area contributed by atoms with Crippen molar-refractivity contribution in [1.82, 2.24) is 15.6 Å². The Balaban J connectivity index is 1.99. The number of carboxylic acid groups (broad SMARTS) is 1. The minimum absolute atomic E-state index is 0.0969. The molecule has 10 nitrogen and oxygen atoms in total. The van der Waals surface area contributed by atoms with Gasteiger partial charge in [-0.15, -0.1) is 0 Å². The van der Waals surface area contributed by atoms with Crippen LogP contribution < -0.4 is 22.1 Å². The van der Waals surface area contributed by atoms with Crippen LogP contribution in [0.25, 0.3) is 10.9 Å². The third-order valence-electron chi connectivity index (χ3n) is 4.29. The molecule has 3 unspecified atom stereocenters. The molecule has 2 aromatic rings. The number of H-pyrrole nitrogens is 1. The summed E-state index contributed by atoms with van der Waals surface area (Å²) in [6.07, 6.45) is 1.42. The Morgan fingerprint density at radius 3 is 2.38 bits per heavy atom. The van der Waals surface area contributed by atoms with Crippen molar-refractivity contribution < 1.29 is 24.3 Å². The molecule has 8 N–H and O–H groups in total. The van der Waals surface area contributed by atoms with Gasteiger partial charge >= 0.3 is 5.97 Å². The minimum atomic E-state index is -1.50. The van der Waals surface area contributed by atoms with Gasteiger partial charge in [-0.3, -0.25) is 14.4 Å². The summed E-state index contributed by atoms with van der Waals surface area (Å²) in [5.41, 5.74) is 12.7. The van der Waals surface area contributed by atoms with E-state index in [4.69, 9.17) is 16.6 Å². The van der Waals surface area contributed by atoms with Gasteiger partial charge in [-0.05, 0) is 18.1 Å². The van der Waals surface area contributed by atoms with Crippen molar-refractivity contribution in [1.29, 1.82) is 0 Å². The first-order valence-electron chi connectivity index (χ1n) is 8.76. The summed E-state index contributed by atoms with van der Waals surface area (Å²) in [4.78, 5) is 49.9. The molecule has 0 aliphatic heterocycles. The van der Waals surface area contributed by atoms with Crippen LogP contribution in [0.15, 0.2) is 30.5 Å². The number of carbonyl (C=O) groups excluding carboxylic acids is 3. The maximum atomic E-state index is 12.4. The van der Waals surface area contributed by atoms with E-state index in [1.807, 2.05) is 24.3 Å². The number of carboxylic acids is 1. The zero-order valence-electron chi connectivity index (χ0n) is 15.4. The number of nitrogens with two attached hydrogens (primary N) is 2. The molecule has 0 spiro atoms. The molecule has 2 rings (SSSR count). The van der Waals surface area contributed by atoms with Crippen LogP contribution in [0.1, 0.15) is 12.0 Å². The van der Waals surface area contributed by atoms with Crippen molar-refractivity contribution in [3.63, 3.8) is 0 Å². The summed E-state index contributed by atoms with van der Waals surface area (Å²) < 4.78 is 0. The molecule has 3 amide bonds. The first kappa shape index (κ1) is 22.2. The molecule has 1 aromatic carbocycles. The van der Waals surface area contributed by atoms with E-state index in [-0.39, 0.29) is 12.2 Å². The maximum absolute atomic E-state index is 12.4. The molecule has 29 heavy (non-hydrogen) atoms. The Hall–Kier alpha value is -3.05. The van der Waals surface area contributed by atoms with Gasteiger partial charge in [-0.2, -0.15) is 12.6 Å². The summed E-state index contributed by atoms with van der Waals surface area (Å²) in [6.45, 7) is 0. The zero-order valence-corrected chi connectivity index (χ0v) is 16.3. The van der Waals surface area contributed by atoms with E-state index in [1.54, 1.807) is 6.20 Å². The standard InChI is InChI=1S/C18H23N5O5S/c19-11(5-9-7-21-12-4-2-1-3-10(9)12)16(25)23-14(8-29)17(26)22-13(18(27)28)6-15(20)24/h1-4,7,11,13-14,21,29H,5-6,8,19H2,(H2,20,24)(H,22,26)(H,23,25)(H,27,28). The quantitative estimate of drug-likeness (QED) is 0.239. The largest absolute Gasteiger partial charge is 0.480 e. The number of primary amides is 1. The molecule has 0 aliphatic carbocycles. The maximum Gasteiger partial charge on any atom is 0.326 e. The van der Waals surface area contributed by atoms with E-state index >= 15 is 0 Å². The second-order valence-electron chi connectivity index (χ2n) is 6.48. The summed E-state index contributed by atoms with van der Waals surface area (Å²) in [6, 6.07) is 3.99. The smallest absolute Gasteiger partial charge is 0.326 e. The van der Waals surface area contributed by atoms with Crippen LogP contribution in [-0.4, -0.2) is 57.7 Å². The molecule has 0 saturated carbocycles. The molecule has 3 atom stereocenters. The molecule has 1 aromatic heterocycles. The van der Waals surface area contributed by atoms with Gasteiger partial charge in [0.15, 0.2) is 0 Å². The highest BCUT2D eigenvalue weighted by Gasteiger charge is 2.28. The molecular formula is C18H23N5O5S. The average molecular weight is 421 g/mol. The summed E-state index contributed by atoms with van der Waals surface area (Å²) >= 11 is 4.02. The summed E-state index contributed by atoms with van der Waals surface area (Å²) in [5, 5.41) is 14.6. The number of rotatable bonds is 10. The highest BCUT2D eigenvalue weighted by molar-refractivity contribution is 7.80. The van der Waals surface area contributed by atoms with E-state index in [0.717, 1.165) is 16.5 Å².